The molecule has 0 bridgehead atoms. The molecule has 0 spiro atoms. The highest BCUT2D eigenvalue weighted by atomic mass is 79.9. The van der Waals surface area contributed by atoms with Crippen LogP contribution in [0.15, 0.2) is 70.6 Å². The van der Waals surface area contributed by atoms with Crippen molar-refractivity contribution < 1.29 is 4.79 Å². The van der Waals surface area contributed by atoms with Crippen LogP contribution < -0.4 is 5.32 Å². The van der Waals surface area contributed by atoms with Crippen LogP contribution in [0.2, 0.25) is 5.02 Å². The summed E-state index contributed by atoms with van der Waals surface area (Å²) in [6.07, 6.45) is 3.35. The highest BCUT2D eigenvalue weighted by molar-refractivity contribution is 9.10. The number of anilines is 1. The number of aryl methyl sites for hydroxylation is 1. The molecule has 0 unspecified atom stereocenters. The van der Waals surface area contributed by atoms with E-state index in [2.05, 4.69) is 41.5 Å². The lowest BCUT2D eigenvalue weighted by Gasteiger charge is -2.10. The molecule has 1 N–H and O–H groups in total. The Bertz CT molecular complexity index is 1220. The van der Waals surface area contributed by atoms with Crippen molar-refractivity contribution in [3.8, 4) is 5.69 Å². The van der Waals surface area contributed by atoms with Gasteiger partial charge in [0.15, 0.2) is 10.9 Å². The first-order chi connectivity index (χ1) is 15.0. The number of rotatable bonds is 6. The fraction of sp³-hybridized carbons (Fsp3) is 0.0952. The van der Waals surface area contributed by atoms with Crippen molar-refractivity contribution in [1.82, 2.24) is 25.0 Å². The van der Waals surface area contributed by atoms with Gasteiger partial charge in [-0.15, -0.1) is 5.10 Å². The van der Waals surface area contributed by atoms with E-state index in [4.69, 9.17) is 11.6 Å². The average Bonchev–Trinajstić information content (AvgIpc) is 3.19. The lowest BCUT2D eigenvalue weighted by Crippen LogP contribution is -2.16. The van der Waals surface area contributed by atoms with Gasteiger partial charge in [0.1, 0.15) is 0 Å². The number of halogens is 2. The number of amides is 1. The zero-order valence-corrected chi connectivity index (χ0v) is 19.4. The molecule has 10 heteroatoms. The fourth-order valence-electron chi connectivity index (χ4n) is 2.84. The average molecular weight is 516 g/mol. The number of thioether (sulfide) groups is 1. The molecule has 0 fully saturated rings. The molecule has 0 aliphatic heterocycles. The Hall–Kier alpha value is -2.75. The molecule has 0 aliphatic carbocycles. The largest absolute Gasteiger partial charge is 0.320 e. The maximum Gasteiger partial charge on any atom is 0.278 e. The molecule has 2 aromatic carbocycles. The van der Waals surface area contributed by atoms with Crippen LogP contribution in [0.4, 0.5) is 5.69 Å². The molecule has 7 nitrogen and oxygen atoms in total. The Kier molecular flexibility index (Phi) is 6.64. The van der Waals surface area contributed by atoms with Crippen LogP contribution in [-0.4, -0.2) is 30.9 Å². The number of carbonyl (C=O) groups excluding carboxylic acids is 1. The molecule has 0 saturated heterocycles. The summed E-state index contributed by atoms with van der Waals surface area (Å²) < 4.78 is 2.58. The maximum atomic E-state index is 13.1. The van der Waals surface area contributed by atoms with Gasteiger partial charge in [-0.2, -0.15) is 0 Å². The summed E-state index contributed by atoms with van der Waals surface area (Å²) in [5, 5.41) is 12.5. The van der Waals surface area contributed by atoms with Gasteiger partial charge in [0.2, 0.25) is 0 Å². The Labute approximate surface area is 196 Å². The minimum absolute atomic E-state index is 0.237. The van der Waals surface area contributed by atoms with Crippen molar-refractivity contribution in [2.24, 2.45) is 0 Å². The summed E-state index contributed by atoms with van der Waals surface area (Å²) in [5.41, 5.74) is 3.26. The Morgan fingerprint density at radius 1 is 1.16 bits per heavy atom. The number of nitrogens with one attached hydrogen (secondary N) is 1. The van der Waals surface area contributed by atoms with Gasteiger partial charge in [-0.25, -0.2) is 14.6 Å². The normalized spacial score (nSPS) is 10.8. The molecular weight excluding hydrogens is 500 g/mol. The third-order valence-corrected chi connectivity index (χ3v) is 6.00. The van der Waals surface area contributed by atoms with E-state index < -0.39 is 0 Å². The minimum atomic E-state index is -0.338. The molecule has 1 amide bonds. The first kappa shape index (κ1) is 21.5. The molecule has 4 rings (SSSR count). The molecule has 0 radical (unpaired) electrons. The van der Waals surface area contributed by atoms with E-state index in [1.807, 2.05) is 37.3 Å². The summed E-state index contributed by atoms with van der Waals surface area (Å²) in [4.78, 5) is 21.5. The van der Waals surface area contributed by atoms with Gasteiger partial charge in [-0.3, -0.25) is 4.79 Å². The van der Waals surface area contributed by atoms with Gasteiger partial charge in [0.25, 0.3) is 5.91 Å². The van der Waals surface area contributed by atoms with E-state index >= 15 is 0 Å². The van der Waals surface area contributed by atoms with E-state index in [1.54, 1.807) is 35.3 Å². The third-order valence-electron chi connectivity index (χ3n) is 4.37. The van der Waals surface area contributed by atoms with Crippen molar-refractivity contribution in [3.05, 3.63) is 87.4 Å². The monoisotopic (exact) mass is 514 g/mol. The molecule has 0 saturated carbocycles. The summed E-state index contributed by atoms with van der Waals surface area (Å²) in [7, 11) is 0. The van der Waals surface area contributed by atoms with Gasteiger partial charge in [0.05, 0.1) is 11.4 Å². The van der Waals surface area contributed by atoms with E-state index in [9.17, 15) is 4.79 Å². The molecular formula is C21H16BrClN6OS. The van der Waals surface area contributed by atoms with E-state index in [-0.39, 0.29) is 11.6 Å². The molecule has 2 aromatic heterocycles. The van der Waals surface area contributed by atoms with E-state index in [1.165, 1.54) is 11.8 Å². The first-order valence-corrected chi connectivity index (χ1v) is 11.3. The van der Waals surface area contributed by atoms with Crippen LogP contribution in [0.1, 0.15) is 21.7 Å². The lowest BCUT2D eigenvalue weighted by molar-refractivity contribution is 0.102. The number of nitrogens with zero attached hydrogens (tertiary/aromatic N) is 5. The van der Waals surface area contributed by atoms with Crippen LogP contribution in [0, 0.1) is 6.92 Å². The predicted octanol–water partition coefficient (Wildman–Crippen LogP) is 5.33. The quantitative estimate of drug-likeness (QED) is 0.276. The van der Waals surface area contributed by atoms with Gasteiger partial charge < -0.3 is 5.32 Å². The molecule has 2 heterocycles. The predicted molar refractivity (Wildman–Crippen MR) is 125 cm³/mol. The molecule has 0 aliphatic rings. The van der Waals surface area contributed by atoms with Crippen LogP contribution in [0.5, 0.6) is 0 Å². The number of benzene rings is 2. The van der Waals surface area contributed by atoms with E-state index in [0.29, 0.717) is 27.3 Å². The lowest BCUT2D eigenvalue weighted by atomic mass is 10.2. The number of aromatic nitrogens is 5. The van der Waals surface area contributed by atoms with Crippen LogP contribution in [0.25, 0.3) is 5.69 Å². The number of hydrogen-bond acceptors (Lipinski definition) is 6. The molecule has 31 heavy (non-hydrogen) atoms. The minimum Gasteiger partial charge on any atom is -0.320 e. The molecule has 156 valence electrons. The van der Waals surface area contributed by atoms with E-state index in [0.717, 1.165) is 15.7 Å². The van der Waals surface area contributed by atoms with Gasteiger partial charge in [-0.05, 0) is 61.0 Å². The summed E-state index contributed by atoms with van der Waals surface area (Å²) in [6.45, 7) is 1.93. The van der Waals surface area contributed by atoms with Crippen molar-refractivity contribution in [3.63, 3.8) is 0 Å². The van der Waals surface area contributed by atoms with Crippen LogP contribution in [-0.2, 0) is 5.75 Å². The molecule has 4 aromatic rings. The number of hydrogen-bond donors (Lipinski definition) is 1. The van der Waals surface area contributed by atoms with Crippen LogP contribution >= 0.6 is 39.3 Å². The second-order valence-corrected chi connectivity index (χ2v) is 8.80. The Morgan fingerprint density at radius 3 is 2.61 bits per heavy atom. The second kappa shape index (κ2) is 9.59. The van der Waals surface area contributed by atoms with Crippen LogP contribution in [0.3, 0.4) is 0 Å². The maximum absolute atomic E-state index is 13.1. The Balaban J connectivity index is 1.67. The van der Waals surface area contributed by atoms with Crippen molar-refractivity contribution >= 4 is 50.9 Å². The van der Waals surface area contributed by atoms with Crippen molar-refractivity contribution in [2.45, 2.75) is 17.8 Å². The standard InChI is InChI=1S/C21H16BrClN6OS/c1-13-11-14(22)3-8-17(13)26-20(30)19-18(12-31-21-24-9-2-10-25-21)29(28-27-19)16-6-4-15(23)5-7-16/h2-11H,12H2,1H3,(H,26,30). The molecule has 0 atom stereocenters. The highest BCUT2D eigenvalue weighted by Crippen LogP contribution is 2.25. The zero-order chi connectivity index (χ0) is 21.8. The van der Waals surface area contributed by atoms with Gasteiger partial charge in [0, 0.05) is 33.3 Å². The van der Waals surface area contributed by atoms with Gasteiger partial charge >= 0.3 is 0 Å². The fourth-order valence-corrected chi connectivity index (χ4v) is 4.24. The summed E-state index contributed by atoms with van der Waals surface area (Å²) in [6, 6.07) is 14.6. The Morgan fingerprint density at radius 2 is 1.90 bits per heavy atom. The number of carbonyl (C=O) groups is 1. The summed E-state index contributed by atoms with van der Waals surface area (Å²) in [5.74, 6) is 0.0667. The first-order valence-electron chi connectivity index (χ1n) is 9.19. The topological polar surface area (TPSA) is 85.6 Å². The van der Waals surface area contributed by atoms with Crippen molar-refractivity contribution in [2.75, 3.05) is 5.32 Å². The second-order valence-electron chi connectivity index (χ2n) is 6.51. The zero-order valence-electron chi connectivity index (χ0n) is 16.3. The highest BCUT2D eigenvalue weighted by Gasteiger charge is 2.22. The smallest absolute Gasteiger partial charge is 0.278 e. The summed E-state index contributed by atoms with van der Waals surface area (Å²) >= 11 is 10.8. The van der Waals surface area contributed by atoms with Crippen molar-refractivity contribution in [1.29, 1.82) is 0 Å². The third kappa shape index (κ3) is 5.12. The van der Waals surface area contributed by atoms with Gasteiger partial charge in [-0.1, -0.05) is 44.5 Å². The SMILES string of the molecule is Cc1cc(Br)ccc1NC(=O)c1nnn(-c2ccc(Cl)cc2)c1CSc1ncccn1.